The van der Waals surface area contributed by atoms with Crippen LogP contribution in [0, 0.1) is 5.41 Å². The minimum absolute atomic E-state index is 0.342. The molecule has 0 aliphatic carbocycles. The van der Waals surface area contributed by atoms with E-state index in [-0.39, 0.29) is 0 Å². The highest BCUT2D eigenvalue weighted by Crippen LogP contribution is 2.22. The van der Waals surface area contributed by atoms with Crippen molar-refractivity contribution in [1.82, 2.24) is 4.98 Å². The number of aromatic nitrogens is 1. The van der Waals surface area contributed by atoms with Crippen molar-refractivity contribution in [2.75, 3.05) is 0 Å². The molecule has 2 aromatic rings. The summed E-state index contributed by atoms with van der Waals surface area (Å²) in [5.74, 6) is 0. The maximum absolute atomic E-state index is 7.13. The van der Waals surface area contributed by atoms with Crippen LogP contribution in [0.2, 0.25) is 10.2 Å². The van der Waals surface area contributed by atoms with Gasteiger partial charge in [0.25, 0.3) is 0 Å². The molecule has 1 heterocycles. The summed E-state index contributed by atoms with van der Waals surface area (Å²) < 4.78 is 0. The minimum atomic E-state index is 0.342. The second-order valence-corrected chi connectivity index (χ2v) is 3.64. The fraction of sp³-hybridized carbons (Fsp3) is 0. The molecule has 0 aliphatic rings. The molecule has 14 heavy (non-hydrogen) atoms. The minimum Gasteiger partial charge on any atom is -0.308 e. The van der Waals surface area contributed by atoms with Crippen molar-refractivity contribution in [3.05, 3.63) is 40.0 Å². The summed E-state index contributed by atoms with van der Waals surface area (Å²) in [6.45, 7) is 0. The zero-order valence-electron chi connectivity index (χ0n) is 7.09. The summed E-state index contributed by atoms with van der Waals surface area (Å²) >= 11 is 11.7. The Morgan fingerprint density at radius 2 is 2.00 bits per heavy atom. The molecular weight excluding hydrogens is 219 g/mol. The first-order chi connectivity index (χ1) is 6.70. The maximum atomic E-state index is 7.13. The molecule has 0 aliphatic heterocycles. The lowest BCUT2D eigenvalue weighted by molar-refractivity contribution is 1.39. The molecule has 2 nitrogen and oxygen atoms in total. The number of hydrogen-bond acceptors (Lipinski definition) is 2. The molecule has 0 radical (unpaired) electrons. The van der Waals surface area contributed by atoms with Gasteiger partial charge in [-0.3, -0.25) is 0 Å². The Balaban J connectivity index is 2.79. The average Bonchev–Trinajstić information content (AvgIpc) is 2.17. The van der Waals surface area contributed by atoms with Crippen molar-refractivity contribution in [1.29, 1.82) is 5.41 Å². The molecule has 1 aromatic carbocycles. The van der Waals surface area contributed by atoms with Gasteiger partial charge in [0, 0.05) is 22.2 Å². The van der Waals surface area contributed by atoms with Gasteiger partial charge in [0.2, 0.25) is 0 Å². The van der Waals surface area contributed by atoms with Crippen LogP contribution in [-0.2, 0) is 0 Å². The molecule has 70 valence electrons. The van der Waals surface area contributed by atoms with E-state index in [0.717, 1.165) is 10.9 Å². The second-order valence-electron chi connectivity index (χ2n) is 2.85. The van der Waals surface area contributed by atoms with Gasteiger partial charge in [-0.2, -0.15) is 0 Å². The zero-order chi connectivity index (χ0) is 10.1. The van der Waals surface area contributed by atoms with Gasteiger partial charge in [-0.15, -0.1) is 0 Å². The number of benzene rings is 1. The molecule has 1 aromatic heterocycles. The summed E-state index contributed by atoms with van der Waals surface area (Å²) in [7, 11) is 0. The first-order valence-electron chi connectivity index (χ1n) is 3.97. The summed E-state index contributed by atoms with van der Waals surface area (Å²) in [4.78, 5) is 4.14. The van der Waals surface area contributed by atoms with Gasteiger partial charge in [-0.1, -0.05) is 23.2 Å². The van der Waals surface area contributed by atoms with E-state index in [1.807, 2.05) is 0 Å². The molecule has 2 rings (SSSR count). The van der Waals surface area contributed by atoms with E-state index < -0.39 is 0 Å². The first-order valence-corrected chi connectivity index (χ1v) is 4.72. The van der Waals surface area contributed by atoms with E-state index >= 15 is 0 Å². The summed E-state index contributed by atoms with van der Waals surface area (Å²) in [6.07, 6.45) is 1.18. The zero-order valence-corrected chi connectivity index (χ0v) is 8.60. The number of pyridine rings is 1. The summed E-state index contributed by atoms with van der Waals surface area (Å²) in [6, 6.07) is 7.16. The number of nitrogens with zero attached hydrogens (tertiary/aromatic N) is 1. The summed E-state index contributed by atoms with van der Waals surface area (Å²) in [5.41, 5.74) is 1.38. The molecular formula is C10H6Cl2N2. The van der Waals surface area contributed by atoms with Crippen molar-refractivity contribution < 1.29 is 0 Å². The highest BCUT2D eigenvalue weighted by atomic mass is 35.5. The van der Waals surface area contributed by atoms with Crippen molar-refractivity contribution in [3.63, 3.8) is 0 Å². The van der Waals surface area contributed by atoms with E-state index in [1.54, 1.807) is 24.3 Å². The molecule has 0 bridgehead atoms. The molecule has 0 spiro atoms. The summed E-state index contributed by atoms with van der Waals surface area (Å²) in [5, 5.41) is 9.01. The lowest BCUT2D eigenvalue weighted by atomic mass is 10.2. The monoisotopic (exact) mass is 224 g/mol. The Morgan fingerprint density at radius 3 is 2.71 bits per heavy atom. The molecule has 0 atom stereocenters. The van der Waals surface area contributed by atoms with Crippen LogP contribution in [0.3, 0.4) is 0 Å². The molecule has 0 amide bonds. The number of rotatable bonds is 1. The SMILES string of the molecule is N=Cc1cc2cc(Cl)ccc2nc1Cl. The largest absolute Gasteiger partial charge is 0.308 e. The van der Waals surface area contributed by atoms with Gasteiger partial charge in [0.05, 0.1) is 5.52 Å². The van der Waals surface area contributed by atoms with Gasteiger partial charge >= 0.3 is 0 Å². The van der Waals surface area contributed by atoms with Gasteiger partial charge in [0.1, 0.15) is 5.15 Å². The van der Waals surface area contributed by atoms with Crippen LogP contribution in [0.15, 0.2) is 24.3 Å². The molecule has 0 unspecified atom stereocenters. The van der Waals surface area contributed by atoms with Gasteiger partial charge in [-0.05, 0) is 24.3 Å². The Bertz CT molecular complexity index is 509. The van der Waals surface area contributed by atoms with Gasteiger partial charge < -0.3 is 5.41 Å². The Labute approximate surface area is 91.0 Å². The topological polar surface area (TPSA) is 36.7 Å². The lowest BCUT2D eigenvalue weighted by Gasteiger charge is -2.01. The van der Waals surface area contributed by atoms with Crippen molar-refractivity contribution in [2.45, 2.75) is 0 Å². The highest BCUT2D eigenvalue weighted by molar-refractivity contribution is 6.33. The average molecular weight is 225 g/mol. The molecule has 4 heteroatoms. The maximum Gasteiger partial charge on any atom is 0.138 e. The Morgan fingerprint density at radius 1 is 1.21 bits per heavy atom. The van der Waals surface area contributed by atoms with Crippen LogP contribution < -0.4 is 0 Å². The van der Waals surface area contributed by atoms with Crippen LogP contribution in [0.1, 0.15) is 5.56 Å². The number of halogens is 2. The second kappa shape index (κ2) is 3.56. The quantitative estimate of drug-likeness (QED) is 0.584. The molecule has 0 saturated carbocycles. The molecule has 0 fully saturated rings. The highest BCUT2D eigenvalue weighted by Gasteiger charge is 2.02. The smallest absolute Gasteiger partial charge is 0.138 e. The van der Waals surface area contributed by atoms with Crippen LogP contribution >= 0.6 is 23.2 Å². The van der Waals surface area contributed by atoms with Gasteiger partial charge in [0.15, 0.2) is 0 Å². The standard InChI is InChI=1S/C10H6Cl2N2/c11-8-1-2-9-6(4-8)3-7(5-13)10(12)14-9/h1-5,13H. The third kappa shape index (κ3) is 1.59. The Kier molecular flexibility index (Phi) is 2.40. The third-order valence-corrected chi connectivity index (χ3v) is 2.45. The van der Waals surface area contributed by atoms with Gasteiger partial charge in [-0.25, -0.2) is 4.98 Å². The van der Waals surface area contributed by atoms with E-state index in [4.69, 9.17) is 28.6 Å². The third-order valence-electron chi connectivity index (χ3n) is 1.91. The molecule has 1 N–H and O–H groups in total. The number of fused-ring (bicyclic) bond motifs is 1. The molecule has 0 saturated heterocycles. The van der Waals surface area contributed by atoms with Crippen LogP contribution in [0.25, 0.3) is 10.9 Å². The predicted octanol–water partition coefficient (Wildman–Crippen LogP) is 3.54. The lowest BCUT2D eigenvalue weighted by Crippen LogP contribution is -1.87. The number of nitrogens with one attached hydrogen (secondary N) is 1. The fourth-order valence-corrected chi connectivity index (χ4v) is 1.62. The van der Waals surface area contributed by atoms with Crippen LogP contribution in [0.5, 0.6) is 0 Å². The van der Waals surface area contributed by atoms with Crippen molar-refractivity contribution in [2.24, 2.45) is 0 Å². The van der Waals surface area contributed by atoms with Crippen LogP contribution in [0.4, 0.5) is 0 Å². The fourth-order valence-electron chi connectivity index (χ4n) is 1.24. The van der Waals surface area contributed by atoms with Crippen molar-refractivity contribution in [3.8, 4) is 0 Å². The number of hydrogen-bond donors (Lipinski definition) is 1. The van der Waals surface area contributed by atoms with Crippen molar-refractivity contribution >= 4 is 40.3 Å². The normalized spacial score (nSPS) is 10.4. The first kappa shape index (κ1) is 9.44. The van der Waals surface area contributed by atoms with E-state index in [2.05, 4.69) is 4.98 Å². The van der Waals surface area contributed by atoms with E-state index in [0.29, 0.717) is 15.7 Å². The van der Waals surface area contributed by atoms with E-state index in [1.165, 1.54) is 6.21 Å². The van der Waals surface area contributed by atoms with Crippen LogP contribution in [-0.4, -0.2) is 11.2 Å². The van der Waals surface area contributed by atoms with E-state index in [9.17, 15) is 0 Å². The Hall–Kier alpha value is -1.12. The predicted molar refractivity (Wildman–Crippen MR) is 59.6 cm³/mol.